The van der Waals surface area contributed by atoms with E-state index in [9.17, 15) is 4.39 Å². The maximum atomic E-state index is 14.2. The number of hydrogen-bond donors (Lipinski definition) is 2. The van der Waals surface area contributed by atoms with E-state index in [1.165, 1.54) is 6.07 Å². The van der Waals surface area contributed by atoms with Gasteiger partial charge in [-0.25, -0.2) is 4.39 Å². The summed E-state index contributed by atoms with van der Waals surface area (Å²) in [6.07, 6.45) is 1.63. The summed E-state index contributed by atoms with van der Waals surface area (Å²) in [6, 6.07) is 12.6. The highest BCUT2D eigenvalue weighted by atomic mass is 127. The van der Waals surface area contributed by atoms with Gasteiger partial charge in [0.2, 0.25) is 0 Å². The van der Waals surface area contributed by atoms with Crippen LogP contribution < -0.4 is 11.1 Å². The second kappa shape index (κ2) is 5.24. The molecule has 3 N–H and O–H groups in total. The number of benzene rings is 2. The van der Waals surface area contributed by atoms with E-state index in [4.69, 9.17) is 5.73 Å². The van der Waals surface area contributed by atoms with E-state index in [2.05, 4.69) is 32.9 Å². The summed E-state index contributed by atoms with van der Waals surface area (Å²) >= 11 is 2.22. The minimum absolute atomic E-state index is 0.344. The van der Waals surface area contributed by atoms with Gasteiger partial charge >= 0.3 is 0 Å². The van der Waals surface area contributed by atoms with Crippen molar-refractivity contribution in [3.05, 3.63) is 58.0 Å². The third-order valence-electron chi connectivity index (χ3n) is 2.99. The van der Waals surface area contributed by atoms with Crippen molar-refractivity contribution in [2.75, 3.05) is 11.1 Å². The fourth-order valence-corrected chi connectivity index (χ4v) is 2.39. The van der Waals surface area contributed by atoms with Crippen molar-refractivity contribution in [3.63, 3.8) is 0 Å². The summed E-state index contributed by atoms with van der Waals surface area (Å²) in [7, 11) is 0. The van der Waals surface area contributed by atoms with E-state index >= 15 is 0 Å². The standard InChI is InChI=1S/C15H11FIN3/c16-12-8-13(18)11-2-1-7-19-14(11)15(12)20-10-5-3-9(17)4-6-10/h1-8,20H,18H2. The van der Waals surface area contributed by atoms with E-state index in [1.54, 1.807) is 12.3 Å². The van der Waals surface area contributed by atoms with E-state index in [0.717, 1.165) is 14.6 Å². The zero-order chi connectivity index (χ0) is 14.1. The number of nitrogen functional groups attached to an aromatic ring is 1. The average Bonchev–Trinajstić information content (AvgIpc) is 2.45. The summed E-state index contributed by atoms with van der Waals surface area (Å²) in [4.78, 5) is 4.23. The minimum atomic E-state index is -0.410. The highest BCUT2D eigenvalue weighted by Crippen LogP contribution is 2.31. The molecular formula is C15H11FIN3. The SMILES string of the molecule is Nc1cc(F)c(Nc2ccc(I)cc2)c2ncccc12. The van der Waals surface area contributed by atoms with Crippen LogP contribution in [-0.2, 0) is 0 Å². The Morgan fingerprint density at radius 2 is 1.90 bits per heavy atom. The Morgan fingerprint density at radius 1 is 1.15 bits per heavy atom. The van der Waals surface area contributed by atoms with Crippen molar-refractivity contribution in [1.29, 1.82) is 0 Å². The van der Waals surface area contributed by atoms with Gasteiger partial charge in [-0.05, 0) is 65.1 Å². The van der Waals surface area contributed by atoms with Crippen LogP contribution in [0.5, 0.6) is 0 Å². The second-order valence-electron chi connectivity index (χ2n) is 4.35. The number of anilines is 3. The average molecular weight is 379 g/mol. The number of nitrogens with one attached hydrogen (secondary N) is 1. The van der Waals surface area contributed by atoms with Crippen LogP contribution in [0.2, 0.25) is 0 Å². The summed E-state index contributed by atoms with van der Waals surface area (Å²) in [5, 5.41) is 3.81. The Kier molecular flexibility index (Phi) is 3.43. The van der Waals surface area contributed by atoms with Crippen molar-refractivity contribution < 1.29 is 4.39 Å². The number of hydrogen-bond acceptors (Lipinski definition) is 3. The van der Waals surface area contributed by atoms with Gasteiger partial charge in [-0.1, -0.05) is 0 Å². The zero-order valence-corrected chi connectivity index (χ0v) is 12.6. The molecule has 0 saturated carbocycles. The number of nitrogens with two attached hydrogens (primary N) is 1. The van der Waals surface area contributed by atoms with Gasteiger partial charge in [-0.15, -0.1) is 0 Å². The quantitative estimate of drug-likeness (QED) is 0.516. The van der Waals surface area contributed by atoms with Gasteiger partial charge in [0.05, 0.1) is 5.52 Å². The monoisotopic (exact) mass is 379 g/mol. The number of halogens is 2. The first-order valence-electron chi connectivity index (χ1n) is 6.00. The lowest BCUT2D eigenvalue weighted by atomic mass is 10.1. The lowest BCUT2D eigenvalue weighted by molar-refractivity contribution is 0.634. The van der Waals surface area contributed by atoms with Gasteiger partial charge in [0, 0.05) is 26.5 Å². The van der Waals surface area contributed by atoms with Crippen molar-refractivity contribution in [1.82, 2.24) is 4.98 Å². The number of fused-ring (bicyclic) bond motifs is 1. The van der Waals surface area contributed by atoms with Gasteiger partial charge in [-0.2, -0.15) is 0 Å². The van der Waals surface area contributed by atoms with Crippen molar-refractivity contribution in [3.8, 4) is 0 Å². The summed E-state index contributed by atoms with van der Waals surface area (Å²) in [5.74, 6) is -0.410. The molecule has 3 nitrogen and oxygen atoms in total. The fourth-order valence-electron chi connectivity index (χ4n) is 2.03. The molecule has 100 valence electrons. The van der Waals surface area contributed by atoms with Crippen LogP contribution in [0.15, 0.2) is 48.7 Å². The van der Waals surface area contributed by atoms with E-state index in [0.29, 0.717) is 16.9 Å². The molecule has 5 heteroatoms. The first-order valence-corrected chi connectivity index (χ1v) is 7.08. The van der Waals surface area contributed by atoms with Crippen LogP contribution in [-0.4, -0.2) is 4.98 Å². The Labute approximate surface area is 129 Å². The van der Waals surface area contributed by atoms with Crippen LogP contribution in [0.4, 0.5) is 21.5 Å². The molecule has 0 aliphatic carbocycles. The highest BCUT2D eigenvalue weighted by molar-refractivity contribution is 14.1. The van der Waals surface area contributed by atoms with Crippen LogP contribution in [0, 0.1) is 9.39 Å². The van der Waals surface area contributed by atoms with E-state index in [1.807, 2.05) is 30.3 Å². The van der Waals surface area contributed by atoms with Crippen molar-refractivity contribution in [2.24, 2.45) is 0 Å². The molecule has 3 aromatic rings. The van der Waals surface area contributed by atoms with Gasteiger partial charge in [0.1, 0.15) is 5.69 Å². The zero-order valence-electron chi connectivity index (χ0n) is 10.4. The molecule has 0 fully saturated rings. The lowest BCUT2D eigenvalue weighted by Crippen LogP contribution is -1.99. The first-order chi connectivity index (χ1) is 9.65. The third-order valence-corrected chi connectivity index (χ3v) is 3.71. The van der Waals surface area contributed by atoms with E-state index < -0.39 is 5.82 Å². The molecule has 0 unspecified atom stereocenters. The number of rotatable bonds is 2. The Morgan fingerprint density at radius 3 is 2.65 bits per heavy atom. The molecule has 0 radical (unpaired) electrons. The van der Waals surface area contributed by atoms with Crippen LogP contribution >= 0.6 is 22.6 Å². The molecule has 0 amide bonds. The molecule has 20 heavy (non-hydrogen) atoms. The molecule has 3 rings (SSSR count). The van der Waals surface area contributed by atoms with Crippen LogP contribution in [0.1, 0.15) is 0 Å². The number of nitrogens with zero attached hydrogens (tertiary/aromatic N) is 1. The van der Waals surface area contributed by atoms with Gasteiger partial charge in [-0.3, -0.25) is 4.98 Å². The Bertz CT molecular complexity index is 772. The van der Waals surface area contributed by atoms with Crippen LogP contribution in [0.25, 0.3) is 10.9 Å². The van der Waals surface area contributed by atoms with E-state index in [-0.39, 0.29) is 0 Å². The molecular weight excluding hydrogens is 368 g/mol. The van der Waals surface area contributed by atoms with Gasteiger partial charge in [0.25, 0.3) is 0 Å². The smallest absolute Gasteiger partial charge is 0.150 e. The number of pyridine rings is 1. The normalized spacial score (nSPS) is 10.7. The summed E-state index contributed by atoms with van der Waals surface area (Å²) in [5.41, 5.74) is 7.90. The lowest BCUT2D eigenvalue weighted by Gasteiger charge is -2.12. The molecule has 0 atom stereocenters. The van der Waals surface area contributed by atoms with Crippen LogP contribution in [0.3, 0.4) is 0 Å². The summed E-state index contributed by atoms with van der Waals surface area (Å²) in [6.45, 7) is 0. The molecule has 2 aromatic carbocycles. The van der Waals surface area contributed by atoms with Gasteiger partial charge < -0.3 is 11.1 Å². The third kappa shape index (κ3) is 2.40. The molecule has 0 saturated heterocycles. The first kappa shape index (κ1) is 13.1. The van der Waals surface area contributed by atoms with Crippen molar-refractivity contribution >= 4 is 50.6 Å². The van der Waals surface area contributed by atoms with Gasteiger partial charge in [0.15, 0.2) is 5.82 Å². The maximum Gasteiger partial charge on any atom is 0.150 e. The largest absolute Gasteiger partial charge is 0.398 e. The molecule has 0 aliphatic rings. The maximum absolute atomic E-state index is 14.2. The fraction of sp³-hybridized carbons (Fsp3) is 0. The topological polar surface area (TPSA) is 50.9 Å². The Hall–Kier alpha value is -1.89. The molecule has 0 bridgehead atoms. The molecule has 0 spiro atoms. The number of aromatic nitrogens is 1. The second-order valence-corrected chi connectivity index (χ2v) is 5.60. The highest BCUT2D eigenvalue weighted by Gasteiger charge is 2.12. The molecule has 0 aliphatic heterocycles. The molecule has 1 heterocycles. The van der Waals surface area contributed by atoms with Crippen molar-refractivity contribution in [2.45, 2.75) is 0 Å². The predicted octanol–water partition coefficient (Wildman–Crippen LogP) is 4.30. The predicted molar refractivity (Wildman–Crippen MR) is 88.6 cm³/mol. The summed E-state index contributed by atoms with van der Waals surface area (Å²) < 4.78 is 15.3. The minimum Gasteiger partial charge on any atom is -0.398 e. The Balaban J connectivity index is 2.13. The molecule has 1 aromatic heterocycles.